The van der Waals surface area contributed by atoms with Gasteiger partial charge in [0.2, 0.25) is 0 Å². The molecule has 0 radical (unpaired) electrons. The fourth-order valence-corrected chi connectivity index (χ4v) is 2.73. The van der Waals surface area contributed by atoms with Crippen molar-refractivity contribution in [1.29, 1.82) is 0 Å². The molecule has 0 unspecified atom stereocenters. The first-order valence-electron chi connectivity index (χ1n) is 6.38. The molecule has 0 atom stereocenters. The number of hydrogen-bond donors (Lipinski definition) is 1. The highest BCUT2D eigenvalue weighted by Crippen LogP contribution is 2.36. The molecule has 0 bridgehead atoms. The zero-order chi connectivity index (χ0) is 13.5. The van der Waals surface area contributed by atoms with Crippen LogP contribution in [0.1, 0.15) is 12.8 Å². The van der Waals surface area contributed by atoms with Gasteiger partial charge in [0.15, 0.2) is 17.4 Å². The fraction of sp³-hybridized carbons (Fsp3) is 0.538. The van der Waals surface area contributed by atoms with Crippen LogP contribution in [0.15, 0.2) is 12.1 Å². The molecule has 2 fully saturated rings. The summed E-state index contributed by atoms with van der Waals surface area (Å²) in [7, 11) is 0. The van der Waals surface area contributed by atoms with Crippen LogP contribution < -0.4 is 10.6 Å². The molecule has 2 aliphatic heterocycles. The van der Waals surface area contributed by atoms with Crippen molar-refractivity contribution in [3.8, 4) is 0 Å². The number of rotatable bonds is 1. The van der Waals surface area contributed by atoms with E-state index in [1.54, 1.807) is 4.90 Å². The van der Waals surface area contributed by atoms with Crippen LogP contribution >= 0.6 is 0 Å². The van der Waals surface area contributed by atoms with Crippen LogP contribution in [-0.4, -0.2) is 32.1 Å². The van der Waals surface area contributed by atoms with Crippen LogP contribution in [0, 0.1) is 11.6 Å². The number of piperidine rings is 1. The highest BCUT2D eigenvalue weighted by atomic mass is 19.2. The zero-order valence-electron chi connectivity index (χ0n) is 10.5. The van der Waals surface area contributed by atoms with Gasteiger partial charge in [0.1, 0.15) is 0 Å². The third kappa shape index (κ3) is 2.15. The molecule has 0 aromatic heterocycles. The summed E-state index contributed by atoms with van der Waals surface area (Å²) in [6, 6.07) is 2.43. The third-order valence-corrected chi connectivity index (χ3v) is 3.76. The molecule has 2 heterocycles. The second-order valence-electron chi connectivity index (χ2n) is 4.89. The molecular weight excluding hydrogens is 254 g/mol. The Morgan fingerprint density at radius 3 is 2.37 bits per heavy atom. The van der Waals surface area contributed by atoms with Crippen molar-refractivity contribution < 1.29 is 18.3 Å². The van der Waals surface area contributed by atoms with Crippen molar-refractivity contribution in [1.82, 2.24) is 0 Å². The lowest BCUT2D eigenvalue weighted by Gasteiger charge is -2.39. The van der Waals surface area contributed by atoms with E-state index in [1.165, 1.54) is 6.07 Å². The first-order valence-corrected chi connectivity index (χ1v) is 6.38. The predicted octanol–water partition coefficient (Wildman–Crippen LogP) is 1.89. The van der Waals surface area contributed by atoms with Gasteiger partial charge in [-0.1, -0.05) is 0 Å². The van der Waals surface area contributed by atoms with Gasteiger partial charge in [0.25, 0.3) is 0 Å². The van der Waals surface area contributed by atoms with E-state index in [2.05, 4.69) is 0 Å². The SMILES string of the molecule is Nc1ccc(F)c(F)c1N1CCC2(CC1)OCCO2. The topological polar surface area (TPSA) is 47.7 Å². The van der Waals surface area contributed by atoms with Gasteiger partial charge >= 0.3 is 0 Å². The summed E-state index contributed by atoms with van der Waals surface area (Å²) in [5.41, 5.74) is 6.15. The summed E-state index contributed by atoms with van der Waals surface area (Å²) >= 11 is 0. The number of anilines is 2. The van der Waals surface area contributed by atoms with E-state index in [4.69, 9.17) is 15.2 Å². The van der Waals surface area contributed by atoms with Crippen LogP contribution in [-0.2, 0) is 9.47 Å². The summed E-state index contributed by atoms with van der Waals surface area (Å²) < 4.78 is 38.4. The lowest BCUT2D eigenvalue weighted by atomic mass is 10.0. The number of ether oxygens (including phenoxy) is 2. The van der Waals surface area contributed by atoms with Crippen molar-refractivity contribution in [2.24, 2.45) is 0 Å². The first-order chi connectivity index (χ1) is 9.11. The molecule has 3 rings (SSSR count). The Morgan fingerprint density at radius 2 is 1.74 bits per heavy atom. The van der Waals surface area contributed by atoms with Crippen molar-refractivity contribution in [2.75, 3.05) is 36.9 Å². The molecule has 1 aromatic rings. The zero-order valence-corrected chi connectivity index (χ0v) is 10.5. The average Bonchev–Trinajstić information content (AvgIpc) is 2.85. The molecule has 1 spiro atoms. The highest BCUT2D eigenvalue weighted by Gasteiger charge is 2.40. The van der Waals surface area contributed by atoms with E-state index in [9.17, 15) is 8.78 Å². The second-order valence-corrected chi connectivity index (χ2v) is 4.89. The minimum atomic E-state index is -0.885. The average molecular weight is 270 g/mol. The van der Waals surface area contributed by atoms with Gasteiger partial charge in [-0.3, -0.25) is 0 Å². The number of halogens is 2. The smallest absolute Gasteiger partial charge is 0.184 e. The number of nitrogens with two attached hydrogens (primary N) is 1. The molecule has 0 aliphatic carbocycles. The van der Waals surface area contributed by atoms with E-state index in [-0.39, 0.29) is 11.4 Å². The minimum Gasteiger partial charge on any atom is -0.397 e. The number of hydrogen-bond acceptors (Lipinski definition) is 4. The van der Waals surface area contributed by atoms with Crippen LogP contribution in [0.5, 0.6) is 0 Å². The molecule has 2 saturated heterocycles. The van der Waals surface area contributed by atoms with E-state index in [1.807, 2.05) is 0 Å². The lowest BCUT2D eigenvalue weighted by molar-refractivity contribution is -0.169. The normalized spacial score (nSPS) is 22.1. The summed E-state index contributed by atoms with van der Waals surface area (Å²) in [6.45, 7) is 2.25. The number of nitrogens with zero attached hydrogens (tertiary/aromatic N) is 1. The van der Waals surface area contributed by atoms with Crippen molar-refractivity contribution >= 4 is 11.4 Å². The van der Waals surface area contributed by atoms with Crippen LogP contribution in [0.3, 0.4) is 0 Å². The summed E-state index contributed by atoms with van der Waals surface area (Å²) in [5, 5.41) is 0. The highest BCUT2D eigenvalue weighted by molar-refractivity contribution is 5.68. The Balaban J connectivity index is 1.80. The number of nitrogen functional groups attached to an aromatic ring is 1. The van der Waals surface area contributed by atoms with Crippen LogP contribution in [0.25, 0.3) is 0 Å². The van der Waals surface area contributed by atoms with Crippen molar-refractivity contribution in [3.05, 3.63) is 23.8 Å². The van der Waals surface area contributed by atoms with Gasteiger partial charge in [0, 0.05) is 25.9 Å². The third-order valence-electron chi connectivity index (χ3n) is 3.76. The van der Waals surface area contributed by atoms with Crippen molar-refractivity contribution in [3.63, 3.8) is 0 Å². The van der Waals surface area contributed by atoms with E-state index in [0.717, 1.165) is 6.07 Å². The van der Waals surface area contributed by atoms with Gasteiger partial charge in [-0.25, -0.2) is 8.78 Å². The van der Waals surface area contributed by atoms with E-state index >= 15 is 0 Å². The quantitative estimate of drug-likeness (QED) is 0.792. The fourth-order valence-electron chi connectivity index (χ4n) is 2.73. The van der Waals surface area contributed by atoms with E-state index < -0.39 is 17.4 Å². The molecule has 19 heavy (non-hydrogen) atoms. The summed E-state index contributed by atoms with van der Waals surface area (Å²) in [5.74, 6) is -2.29. The van der Waals surface area contributed by atoms with Crippen molar-refractivity contribution in [2.45, 2.75) is 18.6 Å². The monoisotopic (exact) mass is 270 g/mol. The maximum absolute atomic E-state index is 13.9. The van der Waals surface area contributed by atoms with Gasteiger partial charge < -0.3 is 20.1 Å². The molecule has 4 nitrogen and oxygen atoms in total. The molecule has 6 heteroatoms. The first kappa shape index (κ1) is 12.6. The summed E-state index contributed by atoms with van der Waals surface area (Å²) in [6.07, 6.45) is 1.25. The van der Waals surface area contributed by atoms with Gasteiger partial charge in [-0.15, -0.1) is 0 Å². The Hall–Kier alpha value is -1.40. The molecule has 0 saturated carbocycles. The molecule has 2 N–H and O–H groups in total. The molecular formula is C13H16F2N2O2. The lowest BCUT2D eigenvalue weighted by Crippen LogP contribution is -2.45. The summed E-state index contributed by atoms with van der Waals surface area (Å²) in [4.78, 5) is 1.75. The Kier molecular flexibility index (Phi) is 3.06. The molecule has 2 aliphatic rings. The van der Waals surface area contributed by atoms with E-state index in [0.29, 0.717) is 39.1 Å². The predicted molar refractivity (Wildman–Crippen MR) is 66.9 cm³/mol. The largest absolute Gasteiger partial charge is 0.397 e. The Labute approximate surface area is 110 Å². The number of benzene rings is 1. The Bertz CT molecular complexity index is 480. The van der Waals surface area contributed by atoms with Gasteiger partial charge in [-0.05, 0) is 12.1 Å². The maximum Gasteiger partial charge on any atom is 0.184 e. The molecule has 104 valence electrons. The van der Waals surface area contributed by atoms with Gasteiger partial charge in [-0.2, -0.15) is 0 Å². The maximum atomic E-state index is 13.9. The Morgan fingerprint density at radius 1 is 1.11 bits per heavy atom. The van der Waals surface area contributed by atoms with Crippen LogP contribution in [0.4, 0.5) is 20.2 Å². The molecule has 0 amide bonds. The minimum absolute atomic E-state index is 0.146. The second kappa shape index (κ2) is 4.61. The molecule has 1 aromatic carbocycles. The van der Waals surface area contributed by atoms with Gasteiger partial charge in [0.05, 0.1) is 24.6 Å². The van der Waals surface area contributed by atoms with Crippen LogP contribution in [0.2, 0.25) is 0 Å². The standard InChI is InChI=1S/C13H16F2N2O2/c14-9-1-2-10(16)12(11(9)15)17-5-3-13(4-6-17)18-7-8-19-13/h1-2H,3-8,16H2.